The summed E-state index contributed by atoms with van der Waals surface area (Å²) in [5.41, 5.74) is 1.29. The van der Waals surface area contributed by atoms with E-state index < -0.39 is 0 Å². The number of aryl methyl sites for hydroxylation is 1. The van der Waals surface area contributed by atoms with Crippen LogP contribution in [0.2, 0.25) is 0 Å². The maximum atomic E-state index is 4.39. The van der Waals surface area contributed by atoms with Gasteiger partial charge in [-0.25, -0.2) is 0 Å². The highest BCUT2D eigenvalue weighted by molar-refractivity contribution is 4.99. The molecule has 0 fully saturated rings. The van der Waals surface area contributed by atoms with Gasteiger partial charge in [-0.2, -0.15) is 5.10 Å². The molecule has 0 radical (unpaired) electrons. The van der Waals surface area contributed by atoms with Gasteiger partial charge >= 0.3 is 0 Å². The van der Waals surface area contributed by atoms with Gasteiger partial charge < -0.3 is 5.32 Å². The second kappa shape index (κ2) is 12.0. The van der Waals surface area contributed by atoms with Crippen molar-refractivity contribution in [3.05, 3.63) is 18.0 Å². The first kappa shape index (κ1) is 17.2. The van der Waals surface area contributed by atoms with Crippen LogP contribution in [0.25, 0.3) is 0 Å². The van der Waals surface area contributed by atoms with Crippen LogP contribution in [0.1, 0.15) is 76.8 Å². The van der Waals surface area contributed by atoms with Crippen molar-refractivity contribution < 1.29 is 0 Å². The van der Waals surface area contributed by atoms with E-state index in [0.717, 1.165) is 13.1 Å². The summed E-state index contributed by atoms with van der Waals surface area (Å²) in [5.74, 6) is 0. The van der Waals surface area contributed by atoms with Gasteiger partial charge in [-0.1, -0.05) is 64.7 Å². The van der Waals surface area contributed by atoms with Crippen LogP contribution >= 0.6 is 0 Å². The number of nitrogens with zero attached hydrogens (tertiary/aromatic N) is 2. The molecule has 0 bridgehead atoms. The van der Waals surface area contributed by atoms with Gasteiger partial charge in [0.2, 0.25) is 0 Å². The molecule has 0 saturated carbocycles. The van der Waals surface area contributed by atoms with Crippen LogP contribution < -0.4 is 5.32 Å². The molecule has 1 aromatic rings. The van der Waals surface area contributed by atoms with Gasteiger partial charge in [0.15, 0.2) is 0 Å². The first-order chi connectivity index (χ1) is 9.88. The maximum Gasteiger partial charge on any atom is 0.0521 e. The van der Waals surface area contributed by atoms with Crippen molar-refractivity contribution in [1.82, 2.24) is 15.1 Å². The van der Waals surface area contributed by atoms with Crippen molar-refractivity contribution >= 4 is 0 Å². The minimum absolute atomic E-state index is 0.914. The molecule has 1 N–H and O–H groups in total. The van der Waals surface area contributed by atoms with Crippen molar-refractivity contribution in [3.63, 3.8) is 0 Å². The lowest BCUT2D eigenvalue weighted by Gasteiger charge is -2.07. The Morgan fingerprint density at radius 2 is 1.55 bits per heavy atom. The maximum absolute atomic E-state index is 4.39. The summed E-state index contributed by atoms with van der Waals surface area (Å²) >= 11 is 0. The largest absolute Gasteiger partial charge is 0.314 e. The molecular formula is C17H33N3. The van der Waals surface area contributed by atoms with Gasteiger partial charge in [-0.05, 0) is 19.5 Å². The molecule has 0 amide bonds. The summed E-state index contributed by atoms with van der Waals surface area (Å²) in [6, 6.07) is 2.10. The predicted octanol–water partition coefficient (Wildman–Crippen LogP) is 4.52. The van der Waals surface area contributed by atoms with Gasteiger partial charge in [0.1, 0.15) is 0 Å². The van der Waals surface area contributed by atoms with Crippen LogP contribution in [0.15, 0.2) is 12.3 Å². The topological polar surface area (TPSA) is 29.9 Å². The van der Waals surface area contributed by atoms with Crippen LogP contribution in [-0.2, 0) is 13.1 Å². The Labute approximate surface area is 125 Å². The molecule has 116 valence electrons. The van der Waals surface area contributed by atoms with E-state index in [9.17, 15) is 0 Å². The molecule has 0 aliphatic rings. The molecule has 0 unspecified atom stereocenters. The van der Waals surface area contributed by atoms with Crippen LogP contribution in [0, 0.1) is 0 Å². The quantitative estimate of drug-likeness (QED) is 0.538. The van der Waals surface area contributed by atoms with E-state index in [2.05, 4.69) is 28.1 Å². The fraction of sp³-hybridized carbons (Fsp3) is 0.824. The van der Waals surface area contributed by atoms with Crippen molar-refractivity contribution in [2.75, 3.05) is 7.05 Å². The van der Waals surface area contributed by atoms with E-state index in [1.165, 1.54) is 69.9 Å². The molecule has 0 spiro atoms. The molecule has 0 atom stereocenters. The Kier molecular flexibility index (Phi) is 10.3. The Morgan fingerprint density at radius 3 is 2.15 bits per heavy atom. The number of hydrogen-bond donors (Lipinski definition) is 1. The van der Waals surface area contributed by atoms with Crippen molar-refractivity contribution in [3.8, 4) is 0 Å². The molecule has 0 aromatic carbocycles. The van der Waals surface area contributed by atoms with Crippen LogP contribution in [0.3, 0.4) is 0 Å². The van der Waals surface area contributed by atoms with E-state index in [1.807, 2.05) is 13.2 Å². The zero-order valence-corrected chi connectivity index (χ0v) is 13.5. The van der Waals surface area contributed by atoms with Crippen LogP contribution in [0.5, 0.6) is 0 Å². The lowest BCUT2D eigenvalue weighted by atomic mass is 10.1. The average molecular weight is 279 g/mol. The molecular weight excluding hydrogens is 246 g/mol. The standard InChI is InChI=1S/C17H33N3/c1-3-4-5-6-7-8-9-10-11-12-15-20-17(16-18-2)13-14-19-20/h13-14,18H,3-12,15-16H2,1-2H3. The Morgan fingerprint density at radius 1 is 0.950 bits per heavy atom. The summed E-state index contributed by atoms with van der Waals surface area (Å²) in [6.07, 6.45) is 15.8. The van der Waals surface area contributed by atoms with Crippen molar-refractivity contribution in [2.24, 2.45) is 0 Å². The molecule has 3 heteroatoms. The van der Waals surface area contributed by atoms with Gasteiger partial charge in [-0.3, -0.25) is 4.68 Å². The number of nitrogens with one attached hydrogen (secondary N) is 1. The second-order valence-electron chi connectivity index (χ2n) is 5.76. The van der Waals surface area contributed by atoms with E-state index in [1.54, 1.807) is 0 Å². The smallest absolute Gasteiger partial charge is 0.0521 e. The first-order valence-corrected chi connectivity index (χ1v) is 8.53. The molecule has 0 aliphatic carbocycles. The number of hydrogen-bond acceptors (Lipinski definition) is 2. The first-order valence-electron chi connectivity index (χ1n) is 8.53. The van der Waals surface area contributed by atoms with Gasteiger partial charge in [0.05, 0.1) is 5.69 Å². The third-order valence-corrected chi connectivity index (χ3v) is 3.89. The third kappa shape index (κ3) is 7.68. The molecule has 0 saturated heterocycles. The number of aromatic nitrogens is 2. The number of rotatable bonds is 13. The molecule has 3 nitrogen and oxygen atoms in total. The lowest BCUT2D eigenvalue weighted by Crippen LogP contribution is -2.12. The zero-order valence-electron chi connectivity index (χ0n) is 13.5. The Hall–Kier alpha value is -0.830. The van der Waals surface area contributed by atoms with E-state index in [0.29, 0.717) is 0 Å². The molecule has 20 heavy (non-hydrogen) atoms. The molecule has 1 heterocycles. The van der Waals surface area contributed by atoms with Crippen LogP contribution in [-0.4, -0.2) is 16.8 Å². The van der Waals surface area contributed by atoms with Crippen molar-refractivity contribution in [1.29, 1.82) is 0 Å². The van der Waals surface area contributed by atoms with E-state index >= 15 is 0 Å². The summed E-state index contributed by atoms with van der Waals surface area (Å²) in [5, 5.41) is 7.58. The summed E-state index contributed by atoms with van der Waals surface area (Å²) < 4.78 is 2.14. The number of unbranched alkanes of at least 4 members (excludes halogenated alkanes) is 9. The summed E-state index contributed by atoms with van der Waals surface area (Å²) in [4.78, 5) is 0. The predicted molar refractivity (Wildman–Crippen MR) is 86.8 cm³/mol. The Balaban J connectivity index is 1.93. The van der Waals surface area contributed by atoms with Crippen LogP contribution in [0.4, 0.5) is 0 Å². The Bertz CT molecular complexity index is 320. The minimum atomic E-state index is 0.914. The fourth-order valence-corrected chi connectivity index (χ4v) is 2.64. The highest BCUT2D eigenvalue weighted by Crippen LogP contribution is 2.11. The molecule has 1 rings (SSSR count). The molecule has 1 aromatic heterocycles. The van der Waals surface area contributed by atoms with Gasteiger partial charge in [0, 0.05) is 19.3 Å². The second-order valence-corrected chi connectivity index (χ2v) is 5.76. The SMILES string of the molecule is CCCCCCCCCCCCn1nccc1CNC. The third-order valence-electron chi connectivity index (χ3n) is 3.89. The summed E-state index contributed by atoms with van der Waals surface area (Å²) in [7, 11) is 1.98. The highest BCUT2D eigenvalue weighted by atomic mass is 15.3. The van der Waals surface area contributed by atoms with Crippen molar-refractivity contribution in [2.45, 2.75) is 84.2 Å². The normalized spacial score (nSPS) is 11.1. The zero-order chi connectivity index (χ0) is 14.5. The summed E-state index contributed by atoms with van der Waals surface area (Å²) in [6.45, 7) is 4.26. The van der Waals surface area contributed by atoms with E-state index in [4.69, 9.17) is 0 Å². The minimum Gasteiger partial charge on any atom is -0.314 e. The monoisotopic (exact) mass is 279 g/mol. The van der Waals surface area contributed by atoms with Gasteiger partial charge in [0.25, 0.3) is 0 Å². The highest BCUT2D eigenvalue weighted by Gasteiger charge is 2.00. The van der Waals surface area contributed by atoms with Gasteiger partial charge in [-0.15, -0.1) is 0 Å². The lowest BCUT2D eigenvalue weighted by molar-refractivity contribution is 0.501. The average Bonchev–Trinajstić information content (AvgIpc) is 2.89. The van der Waals surface area contributed by atoms with E-state index in [-0.39, 0.29) is 0 Å². The molecule has 0 aliphatic heterocycles. The fourth-order valence-electron chi connectivity index (χ4n) is 2.64.